The lowest BCUT2D eigenvalue weighted by Gasteiger charge is -2.33. The van der Waals surface area contributed by atoms with Crippen LogP contribution in [-0.4, -0.2) is 47.0 Å². The Labute approximate surface area is 146 Å². The lowest BCUT2D eigenvalue weighted by Crippen LogP contribution is -2.43. The fraction of sp³-hybridized carbons (Fsp3) is 0.647. The zero-order valence-corrected chi connectivity index (χ0v) is 15.4. The lowest BCUT2D eigenvalue weighted by atomic mass is 9.84. The topological polar surface area (TPSA) is 40.6 Å². The summed E-state index contributed by atoms with van der Waals surface area (Å²) < 4.78 is 0. The van der Waals surface area contributed by atoms with E-state index in [1.165, 1.54) is 16.9 Å². The van der Waals surface area contributed by atoms with E-state index in [0.29, 0.717) is 18.8 Å². The van der Waals surface area contributed by atoms with Gasteiger partial charge in [0.2, 0.25) is 11.8 Å². The van der Waals surface area contributed by atoms with Crippen molar-refractivity contribution in [3.8, 4) is 0 Å². The molecule has 0 unspecified atom stereocenters. The van der Waals surface area contributed by atoms with Gasteiger partial charge < -0.3 is 9.80 Å². The molecule has 0 bridgehead atoms. The van der Waals surface area contributed by atoms with Gasteiger partial charge in [0.25, 0.3) is 0 Å². The van der Waals surface area contributed by atoms with Crippen LogP contribution in [0.25, 0.3) is 0 Å². The molecule has 2 heterocycles. The number of thioether (sulfide) groups is 1. The molecule has 0 spiro atoms. The van der Waals surface area contributed by atoms with Crippen molar-refractivity contribution >= 4 is 34.9 Å². The lowest BCUT2D eigenvalue weighted by molar-refractivity contribution is -0.139. The largest absolute Gasteiger partial charge is 0.341 e. The van der Waals surface area contributed by atoms with Gasteiger partial charge in [0.05, 0.1) is 5.75 Å². The van der Waals surface area contributed by atoms with Gasteiger partial charge in [-0.2, -0.15) is 0 Å². The highest BCUT2D eigenvalue weighted by Crippen LogP contribution is 2.42. The minimum Gasteiger partial charge on any atom is -0.341 e. The van der Waals surface area contributed by atoms with Gasteiger partial charge in [0.15, 0.2) is 0 Å². The number of thiophene rings is 1. The summed E-state index contributed by atoms with van der Waals surface area (Å²) in [5.74, 6) is 1.25. The summed E-state index contributed by atoms with van der Waals surface area (Å²) >= 11 is 3.42. The smallest absolute Gasteiger partial charge is 0.233 e. The quantitative estimate of drug-likeness (QED) is 0.789. The molecule has 1 aliphatic heterocycles. The predicted octanol–water partition coefficient (Wildman–Crippen LogP) is 3.28. The molecule has 2 amide bonds. The van der Waals surface area contributed by atoms with Crippen molar-refractivity contribution < 1.29 is 9.59 Å². The molecule has 1 atom stereocenters. The molecule has 2 aliphatic rings. The summed E-state index contributed by atoms with van der Waals surface area (Å²) in [7, 11) is 0. The first-order chi connectivity index (χ1) is 11.1. The zero-order chi connectivity index (χ0) is 16.4. The van der Waals surface area contributed by atoms with Crippen LogP contribution in [0.3, 0.4) is 0 Å². The second-order valence-corrected chi connectivity index (χ2v) is 8.28. The van der Waals surface area contributed by atoms with Crippen molar-refractivity contribution in [2.45, 2.75) is 38.5 Å². The number of nitrogens with zero attached hydrogens (tertiary/aromatic N) is 2. The highest BCUT2D eigenvalue weighted by atomic mass is 32.2. The van der Waals surface area contributed by atoms with Crippen LogP contribution < -0.4 is 0 Å². The Morgan fingerprint density at radius 2 is 2.22 bits per heavy atom. The van der Waals surface area contributed by atoms with E-state index in [4.69, 9.17) is 0 Å². The zero-order valence-electron chi connectivity index (χ0n) is 13.8. The van der Waals surface area contributed by atoms with Gasteiger partial charge in [-0.1, -0.05) is 6.42 Å². The SMILES string of the molecule is CCN(CCN1C(=O)CS[C@@H]1c1sccc1C)C(=O)C1CCC1. The molecular weight excluding hydrogens is 328 g/mol. The van der Waals surface area contributed by atoms with Gasteiger partial charge in [-0.25, -0.2) is 0 Å². The Bertz CT molecular complexity index is 583. The van der Waals surface area contributed by atoms with Crippen LogP contribution >= 0.6 is 23.1 Å². The number of carbonyl (C=O) groups is 2. The highest BCUT2D eigenvalue weighted by molar-refractivity contribution is 8.00. The van der Waals surface area contributed by atoms with Crippen molar-refractivity contribution in [3.63, 3.8) is 0 Å². The molecule has 0 aromatic carbocycles. The van der Waals surface area contributed by atoms with Crippen molar-refractivity contribution in [2.24, 2.45) is 5.92 Å². The first-order valence-corrected chi connectivity index (χ1v) is 10.3. The number of rotatable bonds is 6. The fourth-order valence-corrected chi connectivity index (χ4v) is 5.61. The molecule has 1 saturated heterocycles. The second-order valence-electron chi connectivity index (χ2n) is 6.26. The van der Waals surface area contributed by atoms with E-state index in [1.54, 1.807) is 23.1 Å². The minimum absolute atomic E-state index is 0.125. The molecule has 0 radical (unpaired) electrons. The van der Waals surface area contributed by atoms with Gasteiger partial charge in [-0.05, 0) is 43.7 Å². The molecule has 126 valence electrons. The fourth-order valence-electron chi connectivity index (χ4n) is 3.12. The van der Waals surface area contributed by atoms with Crippen LogP contribution in [0, 0.1) is 12.8 Å². The van der Waals surface area contributed by atoms with Crippen LogP contribution in [0.2, 0.25) is 0 Å². The maximum Gasteiger partial charge on any atom is 0.233 e. The molecule has 1 aromatic heterocycles. The molecule has 1 aliphatic carbocycles. The van der Waals surface area contributed by atoms with Gasteiger partial charge >= 0.3 is 0 Å². The number of hydrogen-bond donors (Lipinski definition) is 0. The summed E-state index contributed by atoms with van der Waals surface area (Å²) in [6.07, 6.45) is 3.24. The monoisotopic (exact) mass is 352 g/mol. The number of likely N-dealkylation sites (N-methyl/N-ethyl adjacent to an activating group) is 1. The van der Waals surface area contributed by atoms with Crippen LogP contribution in [-0.2, 0) is 9.59 Å². The average molecular weight is 353 g/mol. The summed E-state index contributed by atoms with van der Waals surface area (Å²) in [6.45, 7) is 6.15. The van der Waals surface area contributed by atoms with Crippen molar-refractivity contribution in [1.29, 1.82) is 0 Å². The maximum atomic E-state index is 12.4. The maximum absolute atomic E-state index is 12.4. The summed E-state index contributed by atoms with van der Waals surface area (Å²) in [4.78, 5) is 29.9. The summed E-state index contributed by atoms with van der Waals surface area (Å²) in [5.41, 5.74) is 1.25. The van der Waals surface area contributed by atoms with E-state index >= 15 is 0 Å². The summed E-state index contributed by atoms with van der Waals surface area (Å²) in [6, 6.07) is 2.11. The number of amides is 2. The Hall–Kier alpha value is -1.01. The first kappa shape index (κ1) is 16.8. The third-order valence-corrected chi connectivity index (χ3v) is 7.29. The normalized spacial score (nSPS) is 21.6. The number of aryl methyl sites for hydroxylation is 1. The Kier molecular flexibility index (Phi) is 5.31. The van der Waals surface area contributed by atoms with Gasteiger partial charge in [0.1, 0.15) is 5.37 Å². The van der Waals surface area contributed by atoms with Crippen molar-refractivity contribution in [3.05, 3.63) is 21.9 Å². The van der Waals surface area contributed by atoms with Crippen molar-refractivity contribution in [1.82, 2.24) is 9.80 Å². The third-order valence-electron chi connectivity index (χ3n) is 4.85. The molecule has 2 fully saturated rings. The number of hydrogen-bond acceptors (Lipinski definition) is 4. The van der Waals surface area contributed by atoms with E-state index in [9.17, 15) is 9.59 Å². The molecule has 0 N–H and O–H groups in total. The van der Waals surface area contributed by atoms with E-state index in [-0.39, 0.29) is 23.1 Å². The standard InChI is InChI=1S/C17H24N2O2S2/c1-3-18(16(21)13-5-4-6-13)8-9-19-14(20)11-23-17(19)15-12(2)7-10-22-15/h7,10,13,17H,3-6,8-9,11H2,1-2H3/t17-/m1/s1. The van der Waals surface area contributed by atoms with Crippen LogP contribution in [0.4, 0.5) is 0 Å². The summed E-state index contributed by atoms with van der Waals surface area (Å²) in [5, 5.41) is 2.21. The third kappa shape index (κ3) is 3.43. The van der Waals surface area contributed by atoms with E-state index in [0.717, 1.165) is 19.4 Å². The minimum atomic E-state index is 0.125. The molecule has 4 nitrogen and oxygen atoms in total. The van der Waals surface area contributed by atoms with E-state index in [2.05, 4.69) is 18.4 Å². The highest BCUT2D eigenvalue weighted by Gasteiger charge is 2.35. The first-order valence-electron chi connectivity index (χ1n) is 8.35. The molecular formula is C17H24N2O2S2. The van der Waals surface area contributed by atoms with Gasteiger partial charge in [-0.3, -0.25) is 9.59 Å². The Morgan fingerprint density at radius 1 is 1.43 bits per heavy atom. The molecule has 1 aromatic rings. The molecule has 23 heavy (non-hydrogen) atoms. The van der Waals surface area contributed by atoms with E-state index in [1.807, 2.05) is 16.7 Å². The van der Waals surface area contributed by atoms with Gasteiger partial charge in [-0.15, -0.1) is 23.1 Å². The van der Waals surface area contributed by atoms with Crippen LogP contribution in [0.1, 0.15) is 42.0 Å². The second kappa shape index (κ2) is 7.26. The van der Waals surface area contributed by atoms with Gasteiger partial charge in [0, 0.05) is 30.4 Å². The Morgan fingerprint density at radius 3 is 2.78 bits per heavy atom. The molecule has 1 saturated carbocycles. The predicted molar refractivity (Wildman–Crippen MR) is 95.6 cm³/mol. The molecule has 3 rings (SSSR count). The van der Waals surface area contributed by atoms with Crippen LogP contribution in [0.15, 0.2) is 11.4 Å². The Balaban J connectivity index is 1.63. The number of carbonyl (C=O) groups excluding carboxylic acids is 2. The van der Waals surface area contributed by atoms with E-state index < -0.39 is 0 Å². The van der Waals surface area contributed by atoms with Crippen molar-refractivity contribution in [2.75, 3.05) is 25.4 Å². The average Bonchev–Trinajstić information content (AvgIpc) is 3.04. The van der Waals surface area contributed by atoms with Crippen LogP contribution in [0.5, 0.6) is 0 Å². The molecule has 6 heteroatoms.